The number of benzene rings is 1. The fourth-order valence-electron chi connectivity index (χ4n) is 1.58. The summed E-state index contributed by atoms with van der Waals surface area (Å²) in [6.45, 7) is -1.15. The second-order valence-electron chi connectivity index (χ2n) is 4.17. The molecule has 0 saturated carbocycles. The zero-order valence-electron chi connectivity index (χ0n) is 10.9. The summed E-state index contributed by atoms with van der Waals surface area (Å²) in [6.07, 6.45) is 1.44. The number of amides is 1. The van der Waals surface area contributed by atoms with Crippen molar-refractivity contribution in [2.45, 2.75) is 13.5 Å². The first-order valence-electron chi connectivity index (χ1n) is 5.94. The lowest BCUT2D eigenvalue weighted by Gasteiger charge is -2.09. The highest BCUT2D eigenvalue weighted by Crippen LogP contribution is 2.29. The van der Waals surface area contributed by atoms with Crippen molar-refractivity contribution >= 4 is 23.2 Å². The monoisotopic (exact) mass is 312 g/mol. The number of nitrogens with one attached hydrogen (secondary N) is 1. The summed E-state index contributed by atoms with van der Waals surface area (Å²) in [6, 6.07) is 7.36. The van der Waals surface area contributed by atoms with E-state index in [1.165, 1.54) is 24.4 Å². The minimum Gasteiger partial charge on any atom is -0.433 e. The molecule has 1 aromatic heterocycles. The molecule has 0 aliphatic rings. The third-order valence-corrected chi connectivity index (χ3v) is 2.87. The Morgan fingerprint density at radius 3 is 2.67 bits per heavy atom. The van der Waals surface area contributed by atoms with Crippen LogP contribution in [0, 0.1) is 6.92 Å². The Morgan fingerprint density at radius 2 is 2.10 bits per heavy atom. The highest BCUT2D eigenvalue weighted by atomic mass is 35.5. The smallest absolute Gasteiger partial charge is 0.387 e. The van der Waals surface area contributed by atoms with E-state index in [1.807, 2.05) is 6.92 Å². The second kappa shape index (κ2) is 6.49. The molecule has 2 aromatic rings. The van der Waals surface area contributed by atoms with E-state index in [0.717, 1.165) is 5.69 Å². The van der Waals surface area contributed by atoms with Crippen LogP contribution in [0.2, 0.25) is 5.02 Å². The third-order valence-electron chi connectivity index (χ3n) is 2.58. The molecule has 0 aliphatic carbocycles. The van der Waals surface area contributed by atoms with E-state index >= 15 is 0 Å². The first-order chi connectivity index (χ1) is 9.95. The number of carbonyl (C=O) groups is 1. The molecule has 0 aliphatic heterocycles. The topological polar surface area (TPSA) is 51.2 Å². The van der Waals surface area contributed by atoms with Crippen LogP contribution in [0.3, 0.4) is 0 Å². The highest BCUT2D eigenvalue weighted by Gasteiger charge is 2.11. The van der Waals surface area contributed by atoms with Crippen molar-refractivity contribution in [3.63, 3.8) is 0 Å². The van der Waals surface area contributed by atoms with Gasteiger partial charge in [0, 0.05) is 17.6 Å². The van der Waals surface area contributed by atoms with Gasteiger partial charge < -0.3 is 10.1 Å². The van der Waals surface area contributed by atoms with Gasteiger partial charge in [0.05, 0.1) is 10.6 Å². The van der Waals surface area contributed by atoms with Crippen molar-refractivity contribution in [1.29, 1.82) is 0 Å². The van der Waals surface area contributed by atoms with Crippen molar-refractivity contribution in [2.24, 2.45) is 0 Å². The van der Waals surface area contributed by atoms with Crippen LogP contribution in [0.4, 0.5) is 14.5 Å². The zero-order valence-corrected chi connectivity index (χ0v) is 11.7. The van der Waals surface area contributed by atoms with E-state index in [1.54, 1.807) is 12.1 Å². The standard InChI is InChI=1S/C14H11ClF2N2O2/c1-8-2-3-9(7-18-8)13(20)19-10-4-5-12(11(15)6-10)21-14(16)17/h2-7,14H,1H3,(H,19,20). The lowest BCUT2D eigenvalue weighted by atomic mass is 10.2. The molecule has 0 unspecified atom stereocenters. The number of aryl methyl sites for hydroxylation is 1. The van der Waals surface area contributed by atoms with Gasteiger partial charge in [0.15, 0.2) is 0 Å². The number of halogens is 3. The number of carbonyl (C=O) groups excluding carboxylic acids is 1. The fourth-order valence-corrected chi connectivity index (χ4v) is 1.80. The summed E-state index contributed by atoms with van der Waals surface area (Å²) in [5, 5.41) is 2.57. The first-order valence-corrected chi connectivity index (χ1v) is 6.32. The van der Waals surface area contributed by atoms with Crippen LogP contribution in [0.5, 0.6) is 5.75 Å². The molecule has 2 rings (SSSR count). The maximum absolute atomic E-state index is 12.1. The van der Waals surface area contributed by atoms with Crippen LogP contribution in [0.15, 0.2) is 36.5 Å². The van der Waals surface area contributed by atoms with Crippen LogP contribution in [-0.2, 0) is 0 Å². The number of ether oxygens (including phenoxy) is 1. The molecule has 110 valence electrons. The van der Waals surface area contributed by atoms with Crippen LogP contribution in [0.1, 0.15) is 16.1 Å². The van der Waals surface area contributed by atoms with Crippen LogP contribution in [-0.4, -0.2) is 17.5 Å². The van der Waals surface area contributed by atoms with Crippen LogP contribution < -0.4 is 10.1 Å². The SMILES string of the molecule is Cc1ccc(C(=O)Nc2ccc(OC(F)F)c(Cl)c2)cn1. The van der Waals surface area contributed by atoms with Crippen molar-refractivity contribution in [3.8, 4) is 5.75 Å². The van der Waals surface area contributed by atoms with Crippen molar-refractivity contribution in [2.75, 3.05) is 5.32 Å². The van der Waals surface area contributed by atoms with Gasteiger partial charge in [-0.2, -0.15) is 8.78 Å². The molecule has 21 heavy (non-hydrogen) atoms. The van der Waals surface area contributed by atoms with E-state index < -0.39 is 6.61 Å². The minimum atomic E-state index is -2.96. The van der Waals surface area contributed by atoms with Gasteiger partial charge in [0.1, 0.15) is 5.75 Å². The Kier molecular flexibility index (Phi) is 4.70. The van der Waals surface area contributed by atoms with Gasteiger partial charge in [-0.05, 0) is 37.3 Å². The Balaban J connectivity index is 2.11. The largest absolute Gasteiger partial charge is 0.433 e. The van der Waals surface area contributed by atoms with Crippen molar-refractivity contribution in [1.82, 2.24) is 4.98 Å². The third kappa shape index (κ3) is 4.13. The minimum absolute atomic E-state index is 0.0184. The predicted octanol–water partition coefficient (Wildman–Crippen LogP) is 3.90. The molecule has 0 radical (unpaired) electrons. The van der Waals surface area contributed by atoms with Gasteiger partial charge >= 0.3 is 6.61 Å². The molecular weight excluding hydrogens is 302 g/mol. The molecule has 0 fully saturated rings. The van der Waals surface area contributed by atoms with Crippen molar-refractivity contribution in [3.05, 3.63) is 52.8 Å². The molecule has 0 spiro atoms. The maximum Gasteiger partial charge on any atom is 0.387 e. The lowest BCUT2D eigenvalue weighted by Crippen LogP contribution is -2.12. The number of hydrogen-bond donors (Lipinski definition) is 1. The average molecular weight is 313 g/mol. The summed E-state index contributed by atoms with van der Waals surface area (Å²) in [7, 11) is 0. The number of pyridine rings is 1. The van der Waals surface area contributed by atoms with Crippen LogP contribution >= 0.6 is 11.6 Å². The highest BCUT2D eigenvalue weighted by molar-refractivity contribution is 6.32. The molecule has 0 saturated heterocycles. The first kappa shape index (κ1) is 15.2. The van der Waals surface area contributed by atoms with Gasteiger partial charge in [-0.25, -0.2) is 0 Å². The van der Waals surface area contributed by atoms with E-state index in [9.17, 15) is 13.6 Å². The molecule has 0 atom stereocenters. The zero-order chi connectivity index (χ0) is 15.4. The molecule has 4 nitrogen and oxygen atoms in total. The summed E-state index contributed by atoms with van der Waals surface area (Å²) >= 11 is 5.80. The number of anilines is 1. The predicted molar refractivity (Wildman–Crippen MR) is 75.0 cm³/mol. The van der Waals surface area contributed by atoms with E-state index in [-0.39, 0.29) is 16.7 Å². The Hall–Kier alpha value is -2.21. The van der Waals surface area contributed by atoms with E-state index in [0.29, 0.717) is 11.3 Å². The summed E-state index contributed by atoms with van der Waals surface area (Å²) in [5.74, 6) is -0.525. The summed E-state index contributed by atoms with van der Waals surface area (Å²) in [5.41, 5.74) is 1.54. The number of nitrogens with zero attached hydrogens (tertiary/aromatic N) is 1. The normalized spacial score (nSPS) is 10.5. The summed E-state index contributed by atoms with van der Waals surface area (Å²) in [4.78, 5) is 16.0. The van der Waals surface area contributed by atoms with Gasteiger partial charge in [-0.3, -0.25) is 9.78 Å². The van der Waals surface area contributed by atoms with E-state index in [4.69, 9.17) is 11.6 Å². The Morgan fingerprint density at radius 1 is 1.33 bits per heavy atom. The molecular formula is C14H11ClF2N2O2. The van der Waals surface area contributed by atoms with Crippen LogP contribution in [0.25, 0.3) is 0 Å². The number of hydrogen-bond acceptors (Lipinski definition) is 3. The average Bonchev–Trinajstić information content (AvgIpc) is 2.42. The molecule has 0 bridgehead atoms. The van der Waals surface area contributed by atoms with Crippen molar-refractivity contribution < 1.29 is 18.3 Å². The van der Waals surface area contributed by atoms with Gasteiger partial charge in [-0.15, -0.1) is 0 Å². The molecule has 1 amide bonds. The number of aromatic nitrogens is 1. The number of rotatable bonds is 4. The molecule has 1 N–H and O–H groups in total. The number of alkyl halides is 2. The molecule has 1 heterocycles. The van der Waals surface area contributed by atoms with Gasteiger partial charge in [0.25, 0.3) is 5.91 Å². The second-order valence-corrected chi connectivity index (χ2v) is 4.57. The van der Waals surface area contributed by atoms with Gasteiger partial charge in [0.2, 0.25) is 0 Å². The summed E-state index contributed by atoms with van der Waals surface area (Å²) < 4.78 is 28.4. The van der Waals surface area contributed by atoms with E-state index in [2.05, 4.69) is 15.0 Å². The quantitative estimate of drug-likeness (QED) is 0.931. The lowest BCUT2D eigenvalue weighted by molar-refractivity contribution is -0.0497. The van der Waals surface area contributed by atoms with Gasteiger partial charge in [-0.1, -0.05) is 11.6 Å². The fraction of sp³-hybridized carbons (Fsp3) is 0.143. The maximum atomic E-state index is 12.1. The Bertz CT molecular complexity index is 648. The molecule has 7 heteroatoms. The Labute approximate surface area is 124 Å². The molecule has 1 aromatic carbocycles.